The summed E-state index contributed by atoms with van der Waals surface area (Å²) in [6.07, 6.45) is 2.43. The highest BCUT2D eigenvalue weighted by molar-refractivity contribution is 6.48. The van der Waals surface area contributed by atoms with Crippen molar-refractivity contribution in [1.82, 2.24) is 0 Å². The van der Waals surface area contributed by atoms with Crippen LogP contribution in [0.5, 0.6) is 11.5 Å². The minimum Gasteiger partial charge on any atom is -0.525 e. The molecule has 42 heavy (non-hydrogen) atoms. The minimum absolute atomic E-state index is 0.529. The second-order valence-electron chi connectivity index (χ2n) is 11.6. The van der Waals surface area contributed by atoms with E-state index >= 15 is 0 Å². The topological polar surface area (TPSA) is 18.5 Å². The molecule has 1 aliphatic heterocycles. The zero-order valence-corrected chi connectivity index (χ0v) is 24.6. The van der Waals surface area contributed by atoms with Crippen LogP contribution in [-0.4, -0.2) is 7.12 Å². The Hall–Kier alpha value is -4.76. The molecular formula is C39H33BO2. The molecule has 3 heteroatoms. The molecule has 0 spiro atoms. The van der Waals surface area contributed by atoms with Crippen molar-refractivity contribution < 1.29 is 9.31 Å². The number of aryl methyl sites for hydroxylation is 4. The lowest BCUT2D eigenvalue weighted by molar-refractivity contribution is 0.436. The molecule has 0 amide bonds. The lowest BCUT2D eigenvalue weighted by Gasteiger charge is -2.20. The van der Waals surface area contributed by atoms with Crippen LogP contribution in [-0.2, 0) is 0 Å². The van der Waals surface area contributed by atoms with E-state index in [9.17, 15) is 0 Å². The largest absolute Gasteiger partial charge is 0.598 e. The van der Waals surface area contributed by atoms with Gasteiger partial charge in [-0.3, -0.25) is 0 Å². The molecule has 6 aromatic carbocycles. The summed E-state index contributed by atoms with van der Waals surface area (Å²) in [5, 5.41) is 4.63. The Balaban J connectivity index is 1.68. The predicted molar refractivity (Wildman–Crippen MR) is 179 cm³/mol. The molecule has 0 saturated heterocycles. The normalized spacial score (nSPS) is 12.3. The first kappa shape index (κ1) is 26.2. The van der Waals surface area contributed by atoms with E-state index in [1.54, 1.807) is 0 Å². The lowest BCUT2D eigenvalue weighted by Crippen LogP contribution is -2.28. The second-order valence-corrected chi connectivity index (χ2v) is 11.6. The van der Waals surface area contributed by atoms with Crippen molar-refractivity contribution in [2.45, 2.75) is 34.0 Å². The van der Waals surface area contributed by atoms with E-state index in [1.165, 1.54) is 33.0 Å². The van der Waals surface area contributed by atoms with Gasteiger partial charge in [-0.2, -0.15) is 0 Å². The van der Waals surface area contributed by atoms with Gasteiger partial charge in [-0.05, 0) is 72.5 Å². The zero-order valence-electron chi connectivity index (χ0n) is 24.6. The van der Waals surface area contributed by atoms with Crippen LogP contribution in [0.1, 0.15) is 22.3 Å². The maximum absolute atomic E-state index is 6.95. The molecule has 1 aliphatic rings. The van der Waals surface area contributed by atoms with Crippen LogP contribution in [0.3, 0.4) is 0 Å². The van der Waals surface area contributed by atoms with Crippen LogP contribution in [0, 0.1) is 27.7 Å². The maximum atomic E-state index is 6.95. The molecule has 0 N–H and O–H groups in total. The van der Waals surface area contributed by atoms with E-state index in [0.717, 1.165) is 55.7 Å². The molecule has 0 saturated carbocycles. The molecule has 204 valence electrons. The number of hydrogen-bond donors (Lipinski definition) is 0. The van der Waals surface area contributed by atoms with Crippen molar-refractivity contribution in [2.24, 2.45) is 0 Å². The average Bonchev–Trinajstić information content (AvgIpc) is 3.13. The number of rotatable bonds is 4. The van der Waals surface area contributed by atoms with Gasteiger partial charge in [0.2, 0.25) is 0 Å². The van der Waals surface area contributed by atoms with Crippen molar-refractivity contribution in [3.8, 4) is 44.9 Å². The Kier molecular flexibility index (Phi) is 6.39. The highest BCUT2D eigenvalue weighted by Crippen LogP contribution is 2.54. The quantitative estimate of drug-likeness (QED) is 0.162. The van der Waals surface area contributed by atoms with Crippen molar-refractivity contribution in [3.63, 3.8) is 0 Å². The fraction of sp³-hybridized carbons (Fsp3) is 0.128. The summed E-state index contributed by atoms with van der Waals surface area (Å²) in [6, 6.07) is 35.2. The van der Waals surface area contributed by atoms with Gasteiger partial charge in [0.15, 0.2) is 0 Å². The van der Waals surface area contributed by atoms with Crippen molar-refractivity contribution in [2.75, 3.05) is 0 Å². The first-order chi connectivity index (χ1) is 20.4. The summed E-state index contributed by atoms with van der Waals surface area (Å²) in [4.78, 5) is 0. The number of allylic oxidation sites excluding steroid dienone is 1. The third kappa shape index (κ3) is 4.46. The maximum Gasteiger partial charge on any atom is 0.598 e. The van der Waals surface area contributed by atoms with Crippen molar-refractivity contribution >= 4 is 28.7 Å². The molecule has 2 nitrogen and oxygen atoms in total. The first-order valence-electron chi connectivity index (χ1n) is 14.6. The van der Waals surface area contributed by atoms with E-state index in [-0.39, 0.29) is 0 Å². The number of hydrogen-bond acceptors (Lipinski definition) is 2. The summed E-state index contributed by atoms with van der Waals surface area (Å²) < 4.78 is 13.9. The van der Waals surface area contributed by atoms with Crippen molar-refractivity contribution in [1.29, 1.82) is 0 Å². The van der Waals surface area contributed by atoms with E-state index in [0.29, 0.717) is 6.32 Å². The third-order valence-electron chi connectivity index (χ3n) is 8.18. The standard InChI is InChI=1S/C39H33BO2/c1-6-15-40-41-38-34(30-18-24(2)16-25(3)19-30)22-28-11-7-9-13-32(28)36(38)37-33-14-10-8-12-29(33)23-35(39(37)42-40)31-20-26(4)17-27(5)21-31/h6-14,16-23H,1,15H2,2-5H3. The van der Waals surface area contributed by atoms with E-state index in [2.05, 4.69) is 131 Å². The molecule has 0 radical (unpaired) electrons. The molecule has 0 unspecified atom stereocenters. The lowest BCUT2D eigenvalue weighted by atomic mass is 9.84. The second kappa shape index (κ2) is 10.3. The highest BCUT2D eigenvalue weighted by atomic mass is 16.6. The molecule has 0 aromatic heterocycles. The van der Waals surface area contributed by atoms with Crippen LogP contribution in [0.4, 0.5) is 0 Å². The SMILES string of the molecule is C=CCB1Oc2c(-c3cc(C)cc(C)c3)cc3ccccc3c2-c2c(c(-c3cc(C)cc(C)c3)cc3ccccc23)O1. The summed E-state index contributed by atoms with van der Waals surface area (Å²) in [5.41, 5.74) is 11.5. The van der Waals surface area contributed by atoms with Gasteiger partial charge in [0.25, 0.3) is 0 Å². The van der Waals surface area contributed by atoms with Crippen LogP contribution >= 0.6 is 0 Å². The first-order valence-corrected chi connectivity index (χ1v) is 14.6. The Morgan fingerprint density at radius 1 is 0.571 bits per heavy atom. The molecule has 7 rings (SSSR count). The molecule has 0 aliphatic carbocycles. The van der Waals surface area contributed by atoms with Crippen molar-refractivity contribution in [3.05, 3.63) is 132 Å². The van der Waals surface area contributed by atoms with E-state index < -0.39 is 7.12 Å². The smallest absolute Gasteiger partial charge is 0.525 e. The van der Waals surface area contributed by atoms with Crippen LogP contribution in [0.2, 0.25) is 6.32 Å². The summed E-state index contributed by atoms with van der Waals surface area (Å²) in [6.45, 7) is 12.7. The van der Waals surface area contributed by atoms with Gasteiger partial charge in [0.1, 0.15) is 11.5 Å². The van der Waals surface area contributed by atoms with Gasteiger partial charge in [0.05, 0.1) is 0 Å². The molecule has 6 aromatic rings. The Morgan fingerprint density at radius 2 is 0.976 bits per heavy atom. The Labute approximate surface area is 248 Å². The average molecular weight is 545 g/mol. The van der Waals surface area contributed by atoms with Gasteiger partial charge in [0, 0.05) is 28.6 Å². The van der Waals surface area contributed by atoms with Gasteiger partial charge >= 0.3 is 7.12 Å². The van der Waals surface area contributed by atoms with Gasteiger partial charge in [-0.15, -0.1) is 6.58 Å². The third-order valence-corrected chi connectivity index (χ3v) is 8.18. The van der Waals surface area contributed by atoms with Gasteiger partial charge in [-0.25, -0.2) is 0 Å². The van der Waals surface area contributed by atoms with Crippen LogP contribution < -0.4 is 9.31 Å². The fourth-order valence-electron chi connectivity index (χ4n) is 6.61. The predicted octanol–water partition coefficient (Wildman–Crippen LogP) is 10.7. The molecule has 0 atom stereocenters. The van der Waals surface area contributed by atoms with Crippen LogP contribution in [0.15, 0.2) is 110 Å². The molecule has 0 fully saturated rings. The monoisotopic (exact) mass is 544 g/mol. The van der Waals surface area contributed by atoms with E-state index in [4.69, 9.17) is 9.31 Å². The Bertz CT molecular complexity index is 1850. The highest BCUT2D eigenvalue weighted by Gasteiger charge is 2.34. The fourth-order valence-corrected chi connectivity index (χ4v) is 6.61. The van der Waals surface area contributed by atoms with Crippen LogP contribution in [0.25, 0.3) is 54.9 Å². The summed E-state index contributed by atoms with van der Waals surface area (Å²) in [5.74, 6) is 1.71. The molecular weight excluding hydrogens is 511 g/mol. The minimum atomic E-state index is -0.529. The Morgan fingerprint density at radius 3 is 1.38 bits per heavy atom. The molecule has 0 bridgehead atoms. The number of fused-ring (bicyclic) bond motifs is 7. The van der Waals surface area contributed by atoms with Gasteiger partial charge < -0.3 is 9.31 Å². The summed E-state index contributed by atoms with van der Waals surface area (Å²) in [7, 11) is -0.529. The van der Waals surface area contributed by atoms with Gasteiger partial charge in [-0.1, -0.05) is 113 Å². The zero-order chi connectivity index (χ0) is 29.0. The van der Waals surface area contributed by atoms with E-state index in [1.807, 2.05) is 6.08 Å². The summed E-state index contributed by atoms with van der Waals surface area (Å²) >= 11 is 0. The molecule has 1 heterocycles. The number of benzene rings is 6.